The van der Waals surface area contributed by atoms with Crippen LogP contribution in [-0.4, -0.2) is 39.2 Å². The van der Waals surface area contributed by atoms with Crippen LogP contribution < -0.4 is 10.3 Å². The molecule has 0 aromatic carbocycles. The van der Waals surface area contributed by atoms with Crippen molar-refractivity contribution >= 4 is 5.97 Å². The first kappa shape index (κ1) is 22.1. The molecule has 0 aliphatic heterocycles. The third-order valence-electron chi connectivity index (χ3n) is 4.94. The van der Waals surface area contributed by atoms with Crippen molar-refractivity contribution in [3.05, 3.63) is 70.3 Å². The molecule has 0 amide bonds. The molecule has 0 bridgehead atoms. The van der Waals surface area contributed by atoms with Crippen LogP contribution in [0.15, 0.2) is 47.7 Å². The van der Waals surface area contributed by atoms with E-state index in [9.17, 15) is 9.59 Å². The predicted molar refractivity (Wildman–Crippen MR) is 116 cm³/mol. The quantitative estimate of drug-likeness (QED) is 0.515. The molecule has 0 saturated heterocycles. The molecule has 31 heavy (non-hydrogen) atoms. The van der Waals surface area contributed by atoms with Gasteiger partial charge in [0.25, 0.3) is 5.56 Å². The highest BCUT2D eigenvalue weighted by atomic mass is 16.5. The summed E-state index contributed by atoms with van der Waals surface area (Å²) in [4.78, 5) is 37.0. The molecule has 3 aromatic rings. The first-order chi connectivity index (χ1) is 14.9. The van der Waals surface area contributed by atoms with E-state index in [0.29, 0.717) is 29.4 Å². The number of aryl methyl sites for hydroxylation is 2. The number of esters is 1. The summed E-state index contributed by atoms with van der Waals surface area (Å²) in [6, 6.07) is 7.24. The van der Waals surface area contributed by atoms with E-state index in [0.717, 1.165) is 17.7 Å². The van der Waals surface area contributed by atoms with Crippen LogP contribution in [0.25, 0.3) is 11.1 Å². The van der Waals surface area contributed by atoms with Gasteiger partial charge >= 0.3 is 5.97 Å². The van der Waals surface area contributed by atoms with Crippen LogP contribution in [0.1, 0.15) is 36.3 Å². The second-order valence-electron chi connectivity index (χ2n) is 7.39. The Balaban J connectivity index is 1.75. The zero-order valence-electron chi connectivity index (χ0n) is 18.2. The summed E-state index contributed by atoms with van der Waals surface area (Å²) in [6.45, 7) is 6.20. The summed E-state index contributed by atoms with van der Waals surface area (Å²) < 4.78 is 11.9. The molecule has 1 atom stereocenters. The Kier molecular flexibility index (Phi) is 7.12. The Morgan fingerprint density at radius 3 is 2.65 bits per heavy atom. The second-order valence-corrected chi connectivity index (χ2v) is 7.39. The molecule has 0 fully saturated rings. The fourth-order valence-corrected chi connectivity index (χ4v) is 3.02. The number of hydrogen-bond donors (Lipinski definition) is 0. The Labute approximate surface area is 180 Å². The highest BCUT2D eigenvalue weighted by Crippen LogP contribution is 2.27. The fraction of sp³-hybridized carbons (Fsp3) is 0.348. The lowest BCUT2D eigenvalue weighted by molar-refractivity contribution is -0.141. The number of aromatic nitrogens is 4. The first-order valence-corrected chi connectivity index (χ1v) is 10.0. The maximum absolute atomic E-state index is 12.4. The first-order valence-electron chi connectivity index (χ1n) is 10.0. The molecule has 162 valence electrons. The molecule has 0 aliphatic carbocycles. The Bertz CT molecular complexity index is 1110. The summed E-state index contributed by atoms with van der Waals surface area (Å²) in [5, 5.41) is 0. The van der Waals surface area contributed by atoms with Gasteiger partial charge in [-0.2, -0.15) is 4.98 Å². The third kappa shape index (κ3) is 5.75. The molecule has 0 saturated carbocycles. The van der Waals surface area contributed by atoms with Crippen LogP contribution in [0, 0.1) is 13.8 Å². The number of hydrogen-bond acceptors (Lipinski definition) is 7. The van der Waals surface area contributed by atoms with E-state index in [1.54, 1.807) is 25.4 Å². The van der Waals surface area contributed by atoms with Crippen LogP contribution in [0.3, 0.4) is 0 Å². The number of pyridine rings is 2. The molecule has 8 heteroatoms. The van der Waals surface area contributed by atoms with Crippen LogP contribution in [0.2, 0.25) is 0 Å². The van der Waals surface area contributed by atoms with Gasteiger partial charge in [-0.25, -0.2) is 4.98 Å². The average Bonchev–Trinajstić information content (AvgIpc) is 2.75. The number of ether oxygens (including phenoxy) is 2. The van der Waals surface area contributed by atoms with Gasteiger partial charge in [-0.1, -0.05) is 13.0 Å². The van der Waals surface area contributed by atoms with E-state index in [1.165, 1.54) is 17.7 Å². The van der Waals surface area contributed by atoms with E-state index in [4.69, 9.17) is 4.74 Å². The van der Waals surface area contributed by atoms with Gasteiger partial charge in [0.1, 0.15) is 12.4 Å². The topological polar surface area (TPSA) is 96.2 Å². The van der Waals surface area contributed by atoms with Gasteiger partial charge in [-0.3, -0.25) is 14.6 Å². The lowest BCUT2D eigenvalue weighted by atomic mass is 10.0. The summed E-state index contributed by atoms with van der Waals surface area (Å²) in [5.41, 5.74) is 3.06. The predicted octanol–water partition coefficient (Wildman–Crippen LogP) is 3.06. The van der Waals surface area contributed by atoms with E-state index in [-0.39, 0.29) is 18.0 Å². The molecule has 0 radical (unpaired) electrons. The maximum Gasteiger partial charge on any atom is 0.325 e. The number of methoxy groups -OCH3 is 1. The number of rotatable bonds is 8. The van der Waals surface area contributed by atoms with E-state index >= 15 is 0 Å². The number of carbonyl (C=O) groups is 1. The zero-order valence-corrected chi connectivity index (χ0v) is 18.2. The zero-order chi connectivity index (χ0) is 22.4. The summed E-state index contributed by atoms with van der Waals surface area (Å²) in [6.07, 6.45) is 5.81. The monoisotopic (exact) mass is 422 g/mol. The van der Waals surface area contributed by atoms with Gasteiger partial charge in [-0.05, 0) is 43.5 Å². The van der Waals surface area contributed by atoms with Crippen molar-refractivity contribution in [3.8, 4) is 17.0 Å². The van der Waals surface area contributed by atoms with Crippen molar-refractivity contribution in [2.45, 2.75) is 39.7 Å². The minimum absolute atomic E-state index is 0.145. The molecule has 0 aliphatic rings. The molecular formula is C23H26N4O4. The van der Waals surface area contributed by atoms with Crippen molar-refractivity contribution in [2.24, 2.45) is 0 Å². The lowest BCUT2D eigenvalue weighted by Crippen LogP contribution is -2.23. The van der Waals surface area contributed by atoms with Crippen LogP contribution in [0.5, 0.6) is 5.88 Å². The number of carbonyl (C=O) groups excluding carboxylic acids is 1. The van der Waals surface area contributed by atoms with Crippen LogP contribution in [0.4, 0.5) is 0 Å². The minimum Gasteiger partial charge on any atom is -0.477 e. The highest BCUT2D eigenvalue weighted by Gasteiger charge is 2.14. The van der Waals surface area contributed by atoms with Crippen molar-refractivity contribution < 1.29 is 14.3 Å². The summed E-state index contributed by atoms with van der Waals surface area (Å²) >= 11 is 0. The molecule has 8 nitrogen and oxygen atoms in total. The minimum atomic E-state index is -0.491. The molecule has 0 spiro atoms. The van der Waals surface area contributed by atoms with Gasteiger partial charge in [0.15, 0.2) is 0 Å². The van der Waals surface area contributed by atoms with Gasteiger partial charge in [0.2, 0.25) is 5.88 Å². The second kappa shape index (κ2) is 9.97. The molecule has 0 N–H and O–H groups in total. The average molecular weight is 422 g/mol. The normalized spacial score (nSPS) is 11.7. The van der Waals surface area contributed by atoms with Gasteiger partial charge in [0, 0.05) is 36.3 Å². The van der Waals surface area contributed by atoms with E-state index in [2.05, 4.69) is 26.6 Å². The third-order valence-corrected chi connectivity index (χ3v) is 4.94. The van der Waals surface area contributed by atoms with Crippen LogP contribution >= 0.6 is 0 Å². The van der Waals surface area contributed by atoms with E-state index < -0.39 is 5.97 Å². The highest BCUT2D eigenvalue weighted by molar-refractivity contribution is 5.70. The molecule has 3 rings (SSSR count). The van der Waals surface area contributed by atoms with E-state index in [1.807, 2.05) is 25.3 Å². The standard InChI is InChI=1S/C23H26N4O4/c1-15-5-6-20(25-12-15)16(2)8-10-31-23-19(13-24-17(3)26-23)18-7-9-27(21(28)11-18)14-22(29)30-4/h5-7,9,11-13,16H,8,10,14H2,1-4H3. The Hall–Kier alpha value is -3.55. The summed E-state index contributed by atoms with van der Waals surface area (Å²) in [5.74, 6) is 0.733. The Morgan fingerprint density at radius 2 is 1.97 bits per heavy atom. The maximum atomic E-state index is 12.4. The van der Waals surface area contributed by atoms with Gasteiger partial charge in [0.05, 0.1) is 19.3 Å². The molecule has 1 unspecified atom stereocenters. The number of nitrogens with zero attached hydrogens (tertiary/aromatic N) is 4. The smallest absolute Gasteiger partial charge is 0.325 e. The van der Waals surface area contributed by atoms with Gasteiger partial charge < -0.3 is 14.0 Å². The van der Waals surface area contributed by atoms with Crippen molar-refractivity contribution in [1.29, 1.82) is 0 Å². The fourth-order valence-electron chi connectivity index (χ4n) is 3.02. The SMILES string of the molecule is COC(=O)Cn1ccc(-c2cnc(C)nc2OCCC(C)c2ccc(C)cn2)cc1=O. The Morgan fingerprint density at radius 1 is 1.16 bits per heavy atom. The molecule has 3 aromatic heterocycles. The molecule has 3 heterocycles. The molecular weight excluding hydrogens is 396 g/mol. The largest absolute Gasteiger partial charge is 0.477 e. The van der Waals surface area contributed by atoms with Gasteiger partial charge in [-0.15, -0.1) is 0 Å². The summed E-state index contributed by atoms with van der Waals surface area (Å²) in [7, 11) is 1.28. The van der Waals surface area contributed by atoms with Crippen molar-refractivity contribution in [3.63, 3.8) is 0 Å². The van der Waals surface area contributed by atoms with Crippen LogP contribution in [-0.2, 0) is 16.1 Å². The van der Waals surface area contributed by atoms with Crippen molar-refractivity contribution in [1.82, 2.24) is 19.5 Å². The van der Waals surface area contributed by atoms with Crippen molar-refractivity contribution in [2.75, 3.05) is 13.7 Å². The lowest BCUT2D eigenvalue weighted by Gasteiger charge is -2.14.